The van der Waals surface area contributed by atoms with Gasteiger partial charge in [0, 0.05) is 18.0 Å². The maximum absolute atomic E-state index is 11.3. The minimum Gasteiger partial charge on any atom is -0.444 e. The van der Waals surface area contributed by atoms with Gasteiger partial charge in [0.2, 0.25) is 15.9 Å². The third kappa shape index (κ3) is 5.07. The Morgan fingerprint density at radius 2 is 2.14 bits per heavy atom. The normalized spacial score (nSPS) is 21.2. The lowest BCUT2D eigenvalue weighted by atomic mass is 9.94. The first kappa shape index (κ1) is 17.4. The van der Waals surface area contributed by atoms with E-state index in [1.165, 1.54) is 6.26 Å². The minimum atomic E-state index is -3.15. The monoisotopic (exact) mass is 329 g/mol. The first-order valence-electron chi connectivity index (χ1n) is 7.79. The zero-order valence-electron chi connectivity index (χ0n) is 13.9. The molecule has 0 unspecified atom stereocenters. The van der Waals surface area contributed by atoms with E-state index in [1.807, 2.05) is 0 Å². The number of nitrogens with one attached hydrogen (secondary N) is 1. The van der Waals surface area contributed by atoms with Crippen molar-refractivity contribution in [2.45, 2.75) is 58.0 Å². The minimum absolute atomic E-state index is 0.0512. The lowest BCUT2D eigenvalue weighted by Gasteiger charge is -2.34. The van der Waals surface area contributed by atoms with E-state index in [4.69, 9.17) is 4.42 Å². The Hall–Kier alpha value is -0.920. The maximum Gasteiger partial charge on any atom is 0.208 e. The summed E-state index contributed by atoms with van der Waals surface area (Å²) in [4.78, 5) is 6.64. The molecular weight excluding hydrogens is 302 g/mol. The topological polar surface area (TPSA) is 75.4 Å². The maximum atomic E-state index is 11.3. The van der Waals surface area contributed by atoms with Gasteiger partial charge in [-0.25, -0.2) is 18.1 Å². The van der Waals surface area contributed by atoms with Crippen LogP contribution in [0.3, 0.4) is 0 Å². The van der Waals surface area contributed by atoms with Crippen molar-refractivity contribution in [3.8, 4) is 0 Å². The smallest absolute Gasteiger partial charge is 0.208 e. The summed E-state index contributed by atoms with van der Waals surface area (Å²) in [5.41, 5.74) is -0.0512. The first-order valence-corrected chi connectivity index (χ1v) is 9.68. The molecule has 7 heteroatoms. The van der Waals surface area contributed by atoms with Gasteiger partial charge in [-0.05, 0) is 19.4 Å². The third-order valence-corrected chi connectivity index (χ3v) is 4.65. The molecule has 0 bridgehead atoms. The predicted molar refractivity (Wildman–Crippen MR) is 86.1 cm³/mol. The first-order chi connectivity index (χ1) is 10.1. The molecule has 0 saturated carbocycles. The van der Waals surface area contributed by atoms with E-state index in [2.05, 4.69) is 35.4 Å². The summed E-state index contributed by atoms with van der Waals surface area (Å²) in [6, 6.07) is 0.202. The number of likely N-dealkylation sites (tertiary alicyclic amines) is 1. The van der Waals surface area contributed by atoms with Gasteiger partial charge in [-0.15, -0.1) is 0 Å². The molecule has 22 heavy (non-hydrogen) atoms. The Morgan fingerprint density at radius 1 is 1.41 bits per heavy atom. The number of rotatable bonds is 5. The van der Waals surface area contributed by atoms with E-state index in [1.54, 1.807) is 6.20 Å². The molecule has 126 valence electrons. The Morgan fingerprint density at radius 3 is 2.73 bits per heavy atom. The summed E-state index contributed by atoms with van der Waals surface area (Å²) in [5, 5.41) is 0. The van der Waals surface area contributed by atoms with Crippen LogP contribution >= 0.6 is 0 Å². The molecule has 1 aliphatic rings. The molecule has 1 aromatic rings. The number of hydrogen-bond acceptors (Lipinski definition) is 5. The van der Waals surface area contributed by atoms with E-state index >= 15 is 0 Å². The molecule has 1 aliphatic heterocycles. The van der Waals surface area contributed by atoms with Crippen molar-refractivity contribution in [2.75, 3.05) is 19.3 Å². The molecule has 2 heterocycles. The molecular formula is C15H27N3O3S. The van der Waals surface area contributed by atoms with Crippen molar-refractivity contribution in [1.29, 1.82) is 0 Å². The van der Waals surface area contributed by atoms with Gasteiger partial charge in [-0.2, -0.15) is 0 Å². The molecule has 1 N–H and O–H groups in total. The number of oxazole rings is 1. The molecule has 1 saturated heterocycles. The predicted octanol–water partition coefficient (Wildman–Crippen LogP) is 1.88. The Balaban J connectivity index is 2.00. The van der Waals surface area contributed by atoms with Gasteiger partial charge in [-0.1, -0.05) is 27.2 Å². The SMILES string of the molecule is CC(C)(C)c1cnc(CN2CCCC[C@H]2CNS(C)(=O)=O)o1. The number of sulfonamides is 1. The van der Waals surface area contributed by atoms with E-state index in [0.29, 0.717) is 19.0 Å². The van der Waals surface area contributed by atoms with Crippen molar-refractivity contribution in [2.24, 2.45) is 0 Å². The fourth-order valence-corrected chi connectivity index (χ4v) is 3.15. The number of hydrogen-bond donors (Lipinski definition) is 1. The second-order valence-corrected chi connectivity index (χ2v) is 8.94. The van der Waals surface area contributed by atoms with Crippen molar-refractivity contribution < 1.29 is 12.8 Å². The van der Waals surface area contributed by atoms with Gasteiger partial charge in [0.1, 0.15) is 5.76 Å². The van der Waals surface area contributed by atoms with Crippen LogP contribution in [0.25, 0.3) is 0 Å². The Kier molecular flexibility index (Phi) is 5.29. The molecule has 1 fully saturated rings. The summed E-state index contributed by atoms with van der Waals surface area (Å²) < 4.78 is 31.1. The molecule has 0 spiro atoms. The number of nitrogens with zero attached hydrogens (tertiary/aromatic N) is 2. The highest BCUT2D eigenvalue weighted by atomic mass is 32.2. The Labute approximate surface area is 133 Å². The molecule has 2 rings (SSSR count). The van der Waals surface area contributed by atoms with Gasteiger partial charge in [0.05, 0.1) is 19.0 Å². The molecule has 0 aliphatic carbocycles. The molecule has 0 amide bonds. The number of piperidine rings is 1. The fourth-order valence-electron chi connectivity index (χ4n) is 2.65. The van der Waals surface area contributed by atoms with E-state index in [9.17, 15) is 8.42 Å². The zero-order chi connectivity index (χ0) is 16.4. The second-order valence-electron chi connectivity index (χ2n) is 7.11. The van der Waals surface area contributed by atoms with Crippen LogP contribution in [0.2, 0.25) is 0 Å². The van der Waals surface area contributed by atoms with Crippen molar-refractivity contribution in [3.05, 3.63) is 17.8 Å². The van der Waals surface area contributed by atoms with Crippen molar-refractivity contribution in [3.63, 3.8) is 0 Å². The lowest BCUT2D eigenvalue weighted by Crippen LogP contribution is -2.46. The lowest BCUT2D eigenvalue weighted by molar-refractivity contribution is 0.128. The van der Waals surface area contributed by atoms with Gasteiger partial charge in [-0.3, -0.25) is 4.90 Å². The highest BCUT2D eigenvalue weighted by Crippen LogP contribution is 2.24. The molecule has 1 atom stereocenters. The summed E-state index contributed by atoms with van der Waals surface area (Å²) >= 11 is 0. The standard InChI is InChI=1S/C15H27N3O3S/c1-15(2,3)13-10-16-14(21-13)11-18-8-6-5-7-12(18)9-17-22(4,19)20/h10,12,17H,5-9,11H2,1-4H3/t12-/m0/s1. The molecule has 6 nitrogen and oxygen atoms in total. The van der Waals surface area contributed by atoms with Crippen LogP contribution in [0, 0.1) is 0 Å². The van der Waals surface area contributed by atoms with Crippen LogP contribution in [-0.2, 0) is 22.0 Å². The van der Waals surface area contributed by atoms with Gasteiger partial charge >= 0.3 is 0 Å². The van der Waals surface area contributed by atoms with E-state index in [0.717, 1.165) is 31.6 Å². The quantitative estimate of drug-likeness (QED) is 0.892. The highest BCUT2D eigenvalue weighted by Gasteiger charge is 2.26. The van der Waals surface area contributed by atoms with Crippen molar-refractivity contribution >= 4 is 10.0 Å². The zero-order valence-corrected chi connectivity index (χ0v) is 14.7. The summed E-state index contributed by atoms with van der Waals surface area (Å²) in [6.07, 6.45) is 6.25. The molecule has 1 aromatic heterocycles. The van der Waals surface area contributed by atoms with Crippen molar-refractivity contribution in [1.82, 2.24) is 14.6 Å². The average Bonchev–Trinajstić information content (AvgIpc) is 2.85. The Bertz CT molecular complexity index is 589. The summed E-state index contributed by atoms with van der Waals surface area (Å²) in [7, 11) is -3.15. The van der Waals surface area contributed by atoms with Crippen LogP contribution in [-0.4, -0.2) is 43.7 Å². The van der Waals surface area contributed by atoms with Crippen LogP contribution in [0.15, 0.2) is 10.6 Å². The third-order valence-electron chi connectivity index (χ3n) is 3.96. The van der Waals surface area contributed by atoms with E-state index in [-0.39, 0.29) is 11.5 Å². The molecule has 0 radical (unpaired) electrons. The van der Waals surface area contributed by atoms with Gasteiger partial charge in [0.25, 0.3) is 0 Å². The number of aromatic nitrogens is 1. The summed E-state index contributed by atoms with van der Waals surface area (Å²) in [6.45, 7) is 8.31. The molecule has 0 aromatic carbocycles. The van der Waals surface area contributed by atoms with Crippen LogP contribution in [0.4, 0.5) is 0 Å². The van der Waals surface area contributed by atoms with E-state index < -0.39 is 10.0 Å². The average molecular weight is 329 g/mol. The fraction of sp³-hybridized carbons (Fsp3) is 0.800. The van der Waals surface area contributed by atoms with Crippen LogP contribution in [0.5, 0.6) is 0 Å². The van der Waals surface area contributed by atoms with Gasteiger partial charge < -0.3 is 4.42 Å². The van der Waals surface area contributed by atoms with Gasteiger partial charge in [0.15, 0.2) is 0 Å². The largest absolute Gasteiger partial charge is 0.444 e. The highest BCUT2D eigenvalue weighted by molar-refractivity contribution is 7.88. The van der Waals surface area contributed by atoms with Crippen LogP contribution < -0.4 is 4.72 Å². The second kappa shape index (κ2) is 6.68. The summed E-state index contributed by atoms with van der Waals surface area (Å²) in [5.74, 6) is 1.58. The van der Waals surface area contributed by atoms with Crippen LogP contribution in [0.1, 0.15) is 51.7 Å².